The van der Waals surface area contributed by atoms with E-state index in [1.807, 2.05) is 18.2 Å². The van der Waals surface area contributed by atoms with Crippen molar-refractivity contribution >= 4 is 5.78 Å². The molecule has 0 saturated carbocycles. The first-order valence-corrected chi connectivity index (χ1v) is 6.40. The number of Topliss-reactive ketones (excluding diaryl/α,β-unsaturated/α-hetero) is 1. The topological polar surface area (TPSA) is 47.6 Å². The van der Waals surface area contributed by atoms with Crippen LogP contribution in [0.1, 0.15) is 18.9 Å². The van der Waals surface area contributed by atoms with E-state index in [0.717, 1.165) is 30.0 Å². The van der Waals surface area contributed by atoms with Crippen molar-refractivity contribution in [3.05, 3.63) is 23.8 Å². The fourth-order valence-electron chi connectivity index (χ4n) is 1.89. The summed E-state index contributed by atoms with van der Waals surface area (Å²) < 4.78 is 10.9. The van der Waals surface area contributed by atoms with Gasteiger partial charge >= 0.3 is 0 Å². The summed E-state index contributed by atoms with van der Waals surface area (Å²) >= 11 is 0. The Balaban J connectivity index is 1.91. The molecule has 2 rings (SSSR count). The summed E-state index contributed by atoms with van der Waals surface area (Å²) in [7, 11) is 0. The molecule has 0 unspecified atom stereocenters. The van der Waals surface area contributed by atoms with E-state index in [2.05, 4.69) is 12.2 Å². The highest BCUT2D eigenvalue weighted by atomic mass is 16.6. The van der Waals surface area contributed by atoms with E-state index >= 15 is 0 Å². The number of carbonyl (C=O) groups excluding carboxylic acids is 1. The maximum absolute atomic E-state index is 11.7. The minimum atomic E-state index is 0.195. The molecule has 0 amide bonds. The van der Waals surface area contributed by atoms with Crippen molar-refractivity contribution in [3.63, 3.8) is 0 Å². The van der Waals surface area contributed by atoms with Crippen molar-refractivity contribution < 1.29 is 14.3 Å². The van der Waals surface area contributed by atoms with Crippen LogP contribution in [-0.4, -0.2) is 32.1 Å². The standard InChI is InChI=1S/C14H19NO3/c1-2-5-15-10-12(16)8-11-3-4-13-14(9-11)18-7-6-17-13/h3-4,9,15H,2,5-8,10H2,1H3. The Labute approximate surface area is 107 Å². The van der Waals surface area contributed by atoms with Gasteiger partial charge in [-0.2, -0.15) is 0 Å². The lowest BCUT2D eigenvalue weighted by molar-refractivity contribution is -0.117. The molecule has 1 aromatic carbocycles. The van der Waals surface area contributed by atoms with Crippen LogP contribution in [0.3, 0.4) is 0 Å². The molecule has 4 nitrogen and oxygen atoms in total. The largest absolute Gasteiger partial charge is 0.486 e. The number of rotatable bonds is 6. The number of benzene rings is 1. The fraction of sp³-hybridized carbons (Fsp3) is 0.500. The molecule has 0 atom stereocenters. The second kappa shape index (κ2) is 6.40. The lowest BCUT2D eigenvalue weighted by atomic mass is 10.1. The van der Waals surface area contributed by atoms with Crippen molar-refractivity contribution in [2.75, 3.05) is 26.3 Å². The molecule has 0 fully saturated rings. The molecule has 0 saturated heterocycles. The quantitative estimate of drug-likeness (QED) is 0.777. The van der Waals surface area contributed by atoms with Crippen LogP contribution in [-0.2, 0) is 11.2 Å². The number of carbonyl (C=O) groups is 1. The number of hydrogen-bond donors (Lipinski definition) is 1. The molecule has 4 heteroatoms. The summed E-state index contributed by atoms with van der Waals surface area (Å²) in [5, 5.41) is 3.11. The normalized spacial score (nSPS) is 13.4. The van der Waals surface area contributed by atoms with E-state index in [0.29, 0.717) is 26.2 Å². The van der Waals surface area contributed by atoms with E-state index in [4.69, 9.17) is 9.47 Å². The highest BCUT2D eigenvalue weighted by Crippen LogP contribution is 2.30. The molecule has 1 aromatic rings. The van der Waals surface area contributed by atoms with E-state index in [-0.39, 0.29) is 5.78 Å². The molecule has 0 aliphatic carbocycles. The Morgan fingerprint density at radius 3 is 2.83 bits per heavy atom. The van der Waals surface area contributed by atoms with Crippen molar-refractivity contribution in [3.8, 4) is 11.5 Å². The van der Waals surface area contributed by atoms with E-state index in [9.17, 15) is 4.79 Å². The molecule has 1 N–H and O–H groups in total. The van der Waals surface area contributed by atoms with Crippen molar-refractivity contribution in [2.45, 2.75) is 19.8 Å². The van der Waals surface area contributed by atoms with Crippen molar-refractivity contribution in [1.29, 1.82) is 0 Å². The van der Waals surface area contributed by atoms with Crippen molar-refractivity contribution in [1.82, 2.24) is 5.32 Å². The van der Waals surface area contributed by atoms with Crippen LogP contribution in [0.25, 0.3) is 0 Å². The minimum Gasteiger partial charge on any atom is -0.486 e. The van der Waals surface area contributed by atoms with Gasteiger partial charge in [-0.1, -0.05) is 13.0 Å². The van der Waals surface area contributed by atoms with Crippen LogP contribution in [0.5, 0.6) is 11.5 Å². The first kappa shape index (κ1) is 12.9. The Kier molecular flexibility index (Phi) is 4.59. The molecule has 0 radical (unpaired) electrons. The zero-order chi connectivity index (χ0) is 12.8. The first-order chi connectivity index (χ1) is 8.79. The van der Waals surface area contributed by atoms with Gasteiger partial charge in [0, 0.05) is 6.42 Å². The molecule has 1 aliphatic heterocycles. The van der Waals surface area contributed by atoms with Crippen LogP contribution < -0.4 is 14.8 Å². The zero-order valence-corrected chi connectivity index (χ0v) is 10.7. The zero-order valence-electron chi connectivity index (χ0n) is 10.7. The smallest absolute Gasteiger partial charge is 0.161 e. The van der Waals surface area contributed by atoms with Gasteiger partial charge in [-0.3, -0.25) is 4.79 Å². The highest BCUT2D eigenvalue weighted by molar-refractivity contribution is 5.83. The van der Waals surface area contributed by atoms with Gasteiger partial charge in [-0.25, -0.2) is 0 Å². The van der Waals surface area contributed by atoms with Crippen LogP contribution in [0.15, 0.2) is 18.2 Å². The highest BCUT2D eigenvalue weighted by Gasteiger charge is 2.12. The molecule has 1 aliphatic rings. The molecular formula is C14H19NO3. The maximum atomic E-state index is 11.7. The molecule has 0 aromatic heterocycles. The molecule has 1 heterocycles. The summed E-state index contributed by atoms with van der Waals surface area (Å²) in [4.78, 5) is 11.7. The monoisotopic (exact) mass is 249 g/mol. The van der Waals surface area contributed by atoms with Gasteiger partial charge < -0.3 is 14.8 Å². The minimum absolute atomic E-state index is 0.195. The van der Waals surface area contributed by atoms with Gasteiger partial charge in [0.1, 0.15) is 13.2 Å². The van der Waals surface area contributed by atoms with Crippen LogP contribution in [0.2, 0.25) is 0 Å². The molecular weight excluding hydrogens is 230 g/mol. The fourth-order valence-corrected chi connectivity index (χ4v) is 1.89. The number of ketones is 1. The Hall–Kier alpha value is -1.55. The van der Waals surface area contributed by atoms with Crippen LogP contribution in [0.4, 0.5) is 0 Å². The van der Waals surface area contributed by atoms with Gasteiger partial charge in [0.25, 0.3) is 0 Å². The summed E-state index contributed by atoms with van der Waals surface area (Å²) in [5.74, 6) is 1.70. The number of nitrogens with one attached hydrogen (secondary N) is 1. The predicted octanol–water partition coefficient (Wildman–Crippen LogP) is 1.57. The van der Waals surface area contributed by atoms with Crippen LogP contribution in [0, 0.1) is 0 Å². The van der Waals surface area contributed by atoms with Crippen molar-refractivity contribution in [2.24, 2.45) is 0 Å². The van der Waals surface area contributed by atoms with E-state index in [1.54, 1.807) is 0 Å². The van der Waals surface area contributed by atoms with Gasteiger partial charge in [-0.05, 0) is 30.7 Å². The third-order valence-electron chi connectivity index (χ3n) is 2.76. The third kappa shape index (κ3) is 3.47. The van der Waals surface area contributed by atoms with Crippen LogP contribution >= 0.6 is 0 Å². The lowest BCUT2D eigenvalue weighted by Gasteiger charge is -2.18. The summed E-state index contributed by atoms with van der Waals surface area (Å²) in [6.45, 7) is 4.56. The maximum Gasteiger partial charge on any atom is 0.161 e. The van der Waals surface area contributed by atoms with Gasteiger partial charge in [-0.15, -0.1) is 0 Å². The van der Waals surface area contributed by atoms with E-state index < -0.39 is 0 Å². The Morgan fingerprint density at radius 1 is 1.28 bits per heavy atom. The Bertz CT molecular complexity index is 418. The molecule has 0 bridgehead atoms. The molecule has 98 valence electrons. The third-order valence-corrected chi connectivity index (χ3v) is 2.76. The number of hydrogen-bond acceptors (Lipinski definition) is 4. The molecule has 18 heavy (non-hydrogen) atoms. The second-order valence-corrected chi connectivity index (χ2v) is 4.37. The predicted molar refractivity (Wildman–Crippen MR) is 69.3 cm³/mol. The average Bonchev–Trinajstić information content (AvgIpc) is 2.39. The number of fused-ring (bicyclic) bond motifs is 1. The molecule has 0 spiro atoms. The SMILES string of the molecule is CCCNCC(=O)Cc1ccc2c(c1)OCCO2. The summed E-state index contributed by atoms with van der Waals surface area (Å²) in [6, 6.07) is 5.69. The number of ether oxygens (including phenoxy) is 2. The van der Waals surface area contributed by atoms with Gasteiger partial charge in [0.2, 0.25) is 0 Å². The van der Waals surface area contributed by atoms with E-state index in [1.165, 1.54) is 0 Å². The Morgan fingerprint density at radius 2 is 2.06 bits per heavy atom. The van der Waals surface area contributed by atoms with Gasteiger partial charge in [0.15, 0.2) is 17.3 Å². The average molecular weight is 249 g/mol. The second-order valence-electron chi connectivity index (χ2n) is 4.37. The van der Waals surface area contributed by atoms with Gasteiger partial charge in [0.05, 0.1) is 6.54 Å². The lowest BCUT2D eigenvalue weighted by Crippen LogP contribution is -2.24. The summed E-state index contributed by atoms with van der Waals surface area (Å²) in [6.07, 6.45) is 1.48. The summed E-state index contributed by atoms with van der Waals surface area (Å²) in [5.41, 5.74) is 0.975. The first-order valence-electron chi connectivity index (χ1n) is 6.40.